The van der Waals surface area contributed by atoms with Gasteiger partial charge < -0.3 is 29.7 Å². The highest BCUT2D eigenvalue weighted by Gasteiger charge is 2.43. The minimum Gasteiger partial charge on any atom is -0.488 e. The van der Waals surface area contributed by atoms with Gasteiger partial charge in [0.25, 0.3) is 0 Å². The maximum Gasteiger partial charge on any atom is 0.471 e. The molecule has 7 rings (SSSR count). The van der Waals surface area contributed by atoms with Gasteiger partial charge in [-0.15, -0.1) is 0 Å². The van der Waals surface area contributed by atoms with Gasteiger partial charge in [-0.05, 0) is 79.2 Å². The number of benzene rings is 2. The number of piperidine rings is 1. The highest BCUT2D eigenvalue weighted by Crippen LogP contribution is 2.44. The molecular formula is C36H41BrF4N9O3P. The van der Waals surface area contributed by atoms with Crippen LogP contribution in [-0.4, -0.2) is 106 Å². The van der Waals surface area contributed by atoms with Crippen LogP contribution in [0.5, 0.6) is 5.75 Å². The lowest BCUT2D eigenvalue weighted by molar-refractivity contribution is -0.187. The van der Waals surface area contributed by atoms with E-state index in [2.05, 4.69) is 46.4 Å². The average Bonchev–Trinajstić information content (AvgIpc) is 3.85. The number of ether oxygens (including phenoxy) is 1. The molecule has 0 atom stereocenters. The molecule has 54 heavy (non-hydrogen) atoms. The van der Waals surface area contributed by atoms with Crippen molar-refractivity contribution in [3.05, 3.63) is 59.2 Å². The molecule has 1 amide bonds. The molecule has 0 radical (unpaired) electrons. The average molecular weight is 835 g/mol. The predicted octanol–water partition coefficient (Wildman–Crippen LogP) is 6.73. The van der Waals surface area contributed by atoms with E-state index in [0.717, 1.165) is 47.4 Å². The first kappa shape index (κ1) is 38.1. The van der Waals surface area contributed by atoms with Crippen LogP contribution in [0.25, 0.3) is 11.1 Å². The largest absolute Gasteiger partial charge is 0.488 e. The van der Waals surface area contributed by atoms with Gasteiger partial charge in [0.15, 0.2) is 0 Å². The number of piperazine rings is 1. The van der Waals surface area contributed by atoms with E-state index in [9.17, 15) is 26.9 Å². The normalized spacial score (nSPS) is 17.5. The van der Waals surface area contributed by atoms with Crippen molar-refractivity contribution >= 4 is 63.1 Å². The van der Waals surface area contributed by atoms with E-state index in [1.807, 2.05) is 25.4 Å². The fraction of sp³-hybridized carbons (Fsp3) is 0.444. The number of amides is 1. The lowest BCUT2D eigenvalue weighted by Gasteiger charge is -2.43. The Kier molecular flexibility index (Phi) is 10.7. The molecule has 1 aliphatic carbocycles. The molecule has 2 saturated heterocycles. The van der Waals surface area contributed by atoms with Gasteiger partial charge in [-0.3, -0.25) is 14.4 Å². The van der Waals surface area contributed by atoms with Crippen molar-refractivity contribution in [1.29, 1.82) is 0 Å². The molecule has 3 aliphatic rings. The minimum atomic E-state index is -4.86. The lowest BCUT2D eigenvalue weighted by Crippen LogP contribution is -2.56. The highest BCUT2D eigenvalue weighted by molar-refractivity contribution is 9.10. The molecule has 12 nitrogen and oxygen atoms in total. The topological polar surface area (TPSA) is 121 Å². The van der Waals surface area contributed by atoms with Crippen molar-refractivity contribution in [3.63, 3.8) is 0 Å². The molecule has 2 aromatic heterocycles. The van der Waals surface area contributed by atoms with E-state index in [1.54, 1.807) is 30.4 Å². The third kappa shape index (κ3) is 8.68. The second-order valence-electron chi connectivity index (χ2n) is 14.3. The number of hydrogen-bond acceptors (Lipinski definition) is 10. The van der Waals surface area contributed by atoms with Gasteiger partial charge in [0.2, 0.25) is 5.95 Å². The highest BCUT2D eigenvalue weighted by atomic mass is 79.9. The molecule has 4 aromatic rings. The fourth-order valence-electron chi connectivity index (χ4n) is 6.94. The molecule has 2 N–H and O–H groups in total. The van der Waals surface area contributed by atoms with E-state index in [1.165, 1.54) is 18.2 Å². The second kappa shape index (κ2) is 15.1. The van der Waals surface area contributed by atoms with Crippen LogP contribution in [0.4, 0.5) is 46.4 Å². The molecule has 1 saturated carbocycles. The summed E-state index contributed by atoms with van der Waals surface area (Å²) >= 11 is 3.50. The molecule has 0 spiro atoms. The minimum absolute atomic E-state index is 0.0620. The van der Waals surface area contributed by atoms with E-state index in [-0.39, 0.29) is 31.2 Å². The summed E-state index contributed by atoms with van der Waals surface area (Å²) in [6.07, 6.45) is 4.05. The summed E-state index contributed by atoms with van der Waals surface area (Å²) in [5.41, 5.74) is 3.90. The van der Waals surface area contributed by atoms with Crippen molar-refractivity contribution < 1.29 is 31.7 Å². The van der Waals surface area contributed by atoms with E-state index in [0.29, 0.717) is 58.9 Å². The van der Waals surface area contributed by atoms with Crippen LogP contribution >= 0.6 is 23.1 Å². The van der Waals surface area contributed by atoms with Crippen LogP contribution in [0.1, 0.15) is 25.7 Å². The van der Waals surface area contributed by atoms with Gasteiger partial charge in [-0.1, -0.05) is 0 Å². The van der Waals surface area contributed by atoms with Crippen LogP contribution in [0.15, 0.2) is 53.4 Å². The van der Waals surface area contributed by atoms with Crippen LogP contribution < -0.4 is 25.6 Å². The molecule has 0 bridgehead atoms. The van der Waals surface area contributed by atoms with Crippen molar-refractivity contribution in [3.8, 4) is 16.9 Å². The van der Waals surface area contributed by atoms with Gasteiger partial charge >= 0.3 is 12.1 Å². The summed E-state index contributed by atoms with van der Waals surface area (Å²) in [5.74, 6) is -0.963. The number of rotatable bonds is 10. The predicted molar refractivity (Wildman–Crippen MR) is 204 cm³/mol. The summed E-state index contributed by atoms with van der Waals surface area (Å²) < 4.78 is 74.9. The van der Waals surface area contributed by atoms with Crippen molar-refractivity contribution in [2.24, 2.45) is 7.05 Å². The van der Waals surface area contributed by atoms with Crippen molar-refractivity contribution in [2.45, 2.75) is 44.0 Å². The Balaban J connectivity index is 1.14. The fourth-order valence-corrected chi connectivity index (χ4v) is 8.38. The van der Waals surface area contributed by atoms with Gasteiger partial charge in [0.05, 0.1) is 28.1 Å². The van der Waals surface area contributed by atoms with Crippen LogP contribution in [0.3, 0.4) is 0 Å². The Hall–Kier alpha value is -4.21. The number of carbonyl (C=O) groups is 1. The number of nitrogens with one attached hydrogen (secondary N) is 2. The van der Waals surface area contributed by atoms with Crippen molar-refractivity contribution in [1.82, 2.24) is 29.5 Å². The summed E-state index contributed by atoms with van der Waals surface area (Å²) in [7, 11) is -0.986. The molecule has 3 fully saturated rings. The zero-order valence-electron chi connectivity index (χ0n) is 30.0. The quantitative estimate of drug-likeness (QED) is 0.132. The zero-order chi connectivity index (χ0) is 38.4. The molecule has 18 heteroatoms. The van der Waals surface area contributed by atoms with Crippen LogP contribution in [0, 0.1) is 5.82 Å². The summed E-state index contributed by atoms with van der Waals surface area (Å²) in [6, 6.07) is 8.35. The Labute approximate surface area is 318 Å². The first-order valence-corrected chi connectivity index (χ1v) is 21.1. The molecular weight excluding hydrogens is 793 g/mol. The number of anilines is 5. The van der Waals surface area contributed by atoms with Gasteiger partial charge in [-0.2, -0.15) is 23.3 Å². The zero-order valence-corrected chi connectivity index (χ0v) is 32.5. The Morgan fingerprint density at radius 3 is 2.31 bits per heavy atom. The Bertz CT molecular complexity index is 2070. The lowest BCUT2D eigenvalue weighted by atomic mass is 9.98. The third-order valence-electron chi connectivity index (χ3n) is 9.88. The number of nitrogens with zero attached hydrogens (tertiary/aromatic N) is 7. The molecule has 288 valence electrons. The number of alkyl halides is 3. The number of aryl methyl sites for hydroxylation is 1. The first-order valence-electron chi connectivity index (χ1n) is 17.7. The first-order chi connectivity index (χ1) is 25.6. The standard InChI is InChI=1S/C36H41BrF4N9O3P/c1-47-21-22(19-43-47)26-17-29(45-35-42-20-27(37)33(46-35)44-28-7-4-23(38)16-32(28)54(2,3)52)31(53-25-5-6-25)18-30(26)49-10-8-24(9-11-49)48-12-14-50(15-13-48)34(51)36(39,40)41/h4,7,16-21,24-25H,5-6,8-15H2,1-3H3,(H2,42,44,45,46). The molecule has 4 heterocycles. The number of aromatic nitrogens is 4. The molecule has 2 aromatic carbocycles. The summed E-state index contributed by atoms with van der Waals surface area (Å²) in [4.78, 5) is 26.4. The second-order valence-corrected chi connectivity index (χ2v) is 18.3. The number of carbonyl (C=O) groups excluding carboxylic acids is 1. The SMILES string of the molecule is Cn1cc(-c2cc(Nc3ncc(Br)c(Nc4ccc(F)cc4P(C)(C)=O)n3)c(OC3CC3)cc2N2CCC(N3CCN(C(=O)C(F)(F)F)CC3)CC2)cn1. The van der Waals surface area contributed by atoms with Gasteiger partial charge in [-0.25, -0.2) is 9.37 Å². The number of hydrogen-bond donors (Lipinski definition) is 2. The van der Waals surface area contributed by atoms with Crippen molar-refractivity contribution in [2.75, 3.05) is 68.1 Å². The van der Waals surface area contributed by atoms with E-state index < -0.39 is 25.0 Å². The Morgan fingerprint density at radius 2 is 1.69 bits per heavy atom. The maximum absolute atomic E-state index is 14.1. The van der Waals surface area contributed by atoms with Gasteiger partial charge in [0, 0.05) is 92.9 Å². The molecule has 0 unspecified atom stereocenters. The van der Waals surface area contributed by atoms with Crippen LogP contribution in [0.2, 0.25) is 0 Å². The van der Waals surface area contributed by atoms with Gasteiger partial charge in [0.1, 0.15) is 24.5 Å². The van der Waals surface area contributed by atoms with E-state index in [4.69, 9.17) is 9.72 Å². The molecule has 2 aliphatic heterocycles. The number of halogens is 5. The van der Waals surface area contributed by atoms with Crippen LogP contribution in [-0.2, 0) is 16.4 Å². The monoisotopic (exact) mass is 833 g/mol. The summed E-state index contributed by atoms with van der Waals surface area (Å²) in [5, 5.41) is 11.4. The van der Waals surface area contributed by atoms with E-state index >= 15 is 0 Å². The maximum atomic E-state index is 14.1. The smallest absolute Gasteiger partial charge is 0.471 e. The third-order valence-corrected chi connectivity index (χ3v) is 12.0. The Morgan fingerprint density at radius 1 is 0.963 bits per heavy atom. The summed E-state index contributed by atoms with van der Waals surface area (Å²) in [6.45, 7) is 5.54.